The van der Waals surface area contributed by atoms with E-state index in [0.717, 1.165) is 5.56 Å². The molecule has 114 valence electrons. The molecule has 0 saturated heterocycles. The van der Waals surface area contributed by atoms with Crippen LogP contribution < -0.4 is 5.32 Å². The molecule has 0 aliphatic heterocycles. The average Bonchev–Trinajstić information content (AvgIpc) is 2.79. The molecule has 6 heteroatoms. The Labute approximate surface area is 123 Å². The molecule has 2 aromatic heterocycles. The summed E-state index contributed by atoms with van der Waals surface area (Å²) >= 11 is 0. The predicted molar refractivity (Wildman–Crippen MR) is 77.6 cm³/mol. The van der Waals surface area contributed by atoms with Crippen molar-refractivity contribution in [3.8, 4) is 5.82 Å². The molecule has 2 aromatic rings. The largest absolute Gasteiger partial charge is 0.308 e. The number of aromatic nitrogens is 3. The van der Waals surface area contributed by atoms with Crippen LogP contribution in [0.4, 0.5) is 8.78 Å². The molecule has 0 aliphatic rings. The predicted octanol–water partition coefficient (Wildman–Crippen LogP) is 3.40. The van der Waals surface area contributed by atoms with E-state index in [2.05, 4.69) is 15.4 Å². The average molecular weight is 294 g/mol. The minimum absolute atomic E-state index is 0.107. The Bertz CT molecular complexity index is 614. The van der Waals surface area contributed by atoms with Gasteiger partial charge in [0.15, 0.2) is 5.82 Å². The second kappa shape index (κ2) is 5.89. The third kappa shape index (κ3) is 3.85. The summed E-state index contributed by atoms with van der Waals surface area (Å²) in [6, 6.07) is 3.55. The van der Waals surface area contributed by atoms with Crippen LogP contribution in [-0.4, -0.2) is 20.3 Å². The number of rotatable bonds is 4. The summed E-state index contributed by atoms with van der Waals surface area (Å²) in [5, 5.41) is 7.29. The lowest BCUT2D eigenvalue weighted by atomic mass is 10.1. The summed E-state index contributed by atoms with van der Waals surface area (Å²) in [7, 11) is 0. The van der Waals surface area contributed by atoms with Crippen LogP contribution in [0.3, 0.4) is 0 Å². The van der Waals surface area contributed by atoms with Crippen LogP contribution in [0.25, 0.3) is 5.82 Å². The van der Waals surface area contributed by atoms with Gasteiger partial charge in [0.2, 0.25) is 0 Å². The molecule has 0 aromatic carbocycles. The molecule has 0 saturated carbocycles. The maximum Gasteiger partial charge on any atom is 0.280 e. The molecule has 0 radical (unpaired) electrons. The van der Waals surface area contributed by atoms with Crippen LogP contribution in [-0.2, 0) is 6.54 Å². The van der Waals surface area contributed by atoms with Gasteiger partial charge in [-0.15, -0.1) is 0 Å². The summed E-state index contributed by atoms with van der Waals surface area (Å²) in [6.07, 6.45) is 0.463. The highest BCUT2D eigenvalue weighted by Crippen LogP contribution is 2.25. The zero-order valence-corrected chi connectivity index (χ0v) is 12.7. The number of hydrogen-bond acceptors (Lipinski definition) is 3. The van der Waals surface area contributed by atoms with Crippen molar-refractivity contribution in [1.29, 1.82) is 0 Å². The second-order valence-electron chi connectivity index (χ2n) is 6.06. The Hall–Kier alpha value is -1.82. The summed E-state index contributed by atoms with van der Waals surface area (Å²) in [5.41, 5.74) is 1.18. The Morgan fingerprint density at radius 1 is 1.33 bits per heavy atom. The Morgan fingerprint density at radius 3 is 2.62 bits per heavy atom. The first kappa shape index (κ1) is 15.6. The van der Waals surface area contributed by atoms with Crippen molar-refractivity contribution in [1.82, 2.24) is 20.1 Å². The van der Waals surface area contributed by atoms with Crippen LogP contribution >= 0.6 is 0 Å². The van der Waals surface area contributed by atoms with Gasteiger partial charge in [-0.05, 0) is 45.4 Å². The smallest absolute Gasteiger partial charge is 0.280 e. The fraction of sp³-hybridized carbons (Fsp3) is 0.467. The first-order valence-corrected chi connectivity index (χ1v) is 6.81. The molecular weight excluding hydrogens is 274 g/mol. The van der Waals surface area contributed by atoms with Crippen LogP contribution in [0.1, 0.15) is 44.0 Å². The quantitative estimate of drug-likeness (QED) is 0.939. The zero-order valence-electron chi connectivity index (χ0n) is 12.7. The van der Waals surface area contributed by atoms with Gasteiger partial charge < -0.3 is 5.32 Å². The summed E-state index contributed by atoms with van der Waals surface area (Å²) in [4.78, 5) is 4.12. The maximum absolute atomic E-state index is 13.4. The van der Waals surface area contributed by atoms with E-state index in [0.29, 0.717) is 17.9 Å². The van der Waals surface area contributed by atoms with E-state index < -0.39 is 6.43 Å². The Morgan fingerprint density at radius 2 is 2.05 bits per heavy atom. The lowest BCUT2D eigenvalue weighted by Gasteiger charge is -2.20. The van der Waals surface area contributed by atoms with Gasteiger partial charge in [0.1, 0.15) is 5.69 Å². The van der Waals surface area contributed by atoms with Crippen LogP contribution in [0.15, 0.2) is 24.5 Å². The molecule has 0 amide bonds. The number of aryl methyl sites for hydroxylation is 1. The normalized spacial score (nSPS) is 12.1. The van der Waals surface area contributed by atoms with Gasteiger partial charge in [0.05, 0.1) is 6.20 Å². The molecule has 0 atom stereocenters. The lowest BCUT2D eigenvalue weighted by molar-refractivity contribution is 0.141. The highest BCUT2D eigenvalue weighted by atomic mass is 19.3. The van der Waals surface area contributed by atoms with Gasteiger partial charge >= 0.3 is 0 Å². The first-order chi connectivity index (χ1) is 9.78. The minimum Gasteiger partial charge on any atom is -0.308 e. The third-order valence-electron chi connectivity index (χ3n) is 3.02. The van der Waals surface area contributed by atoms with Crippen molar-refractivity contribution in [2.45, 2.75) is 46.2 Å². The zero-order chi connectivity index (χ0) is 15.6. The van der Waals surface area contributed by atoms with Crippen molar-refractivity contribution in [3.63, 3.8) is 0 Å². The van der Waals surface area contributed by atoms with E-state index in [1.54, 1.807) is 12.3 Å². The van der Waals surface area contributed by atoms with E-state index in [9.17, 15) is 8.78 Å². The minimum atomic E-state index is -2.61. The number of nitrogens with zero attached hydrogens (tertiary/aromatic N) is 3. The molecule has 0 fully saturated rings. The maximum atomic E-state index is 13.4. The Kier molecular flexibility index (Phi) is 4.37. The molecule has 4 nitrogen and oxygen atoms in total. The van der Waals surface area contributed by atoms with Gasteiger partial charge in [-0.1, -0.05) is 0 Å². The Balaban J connectivity index is 2.37. The first-order valence-electron chi connectivity index (χ1n) is 6.81. The van der Waals surface area contributed by atoms with Crippen LogP contribution in [0.2, 0.25) is 0 Å². The molecule has 2 heterocycles. The van der Waals surface area contributed by atoms with Crippen LogP contribution in [0.5, 0.6) is 0 Å². The van der Waals surface area contributed by atoms with Crippen LogP contribution in [0, 0.1) is 6.92 Å². The highest BCUT2D eigenvalue weighted by Gasteiger charge is 2.22. The summed E-state index contributed by atoms with van der Waals surface area (Å²) in [6.45, 7) is 8.19. The molecule has 1 N–H and O–H groups in total. The third-order valence-corrected chi connectivity index (χ3v) is 3.02. The molecule has 21 heavy (non-hydrogen) atoms. The monoisotopic (exact) mass is 294 g/mol. The summed E-state index contributed by atoms with van der Waals surface area (Å²) < 4.78 is 28.0. The van der Waals surface area contributed by atoms with Crippen molar-refractivity contribution in [2.24, 2.45) is 0 Å². The van der Waals surface area contributed by atoms with Crippen molar-refractivity contribution in [2.75, 3.05) is 0 Å². The van der Waals surface area contributed by atoms with Gasteiger partial charge in [-0.25, -0.2) is 18.4 Å². The number of halogens is 2. The van der Waals surface area contributed by atoms with E-state index in [4.69, 9.17) is 0 Å². The number of pyridine rings is 1. The SMILES string of the molecule is Cc1ccnc(-n2ncc(CNC(C)(C)C)c2C(F)F)c1. The van der Waals surface area contributed by atoms with Crippen molar-refractivity contribution >= 4 is 0 Å². The van der Waals surface area contributed by atoms with Gasteiger partial charge in [-0.3, -0.25) is 0 Å². The highest BCUT2D eigenvalue weighted by molar-refractivity contribution is 5.32. The van der Waals surface area contributed by atoms with E-state index in [-0.39, 0.29) is 11.2 Å². The molecule has 0 spiro atoms. The van der Waals surface area contributed by atoms with Gasteiger partial charge in [0, 0.05) is 23.8 Å². The number of nitrogens with one attached hydrogen (secondary N) is 1. The number of alkyl halides is 2. The topological polar surface area (TPSA) is 42.7 Å². The molecule has 0 bridgehead atoms. The van der Waals surface area contributed by atoms with E-state index >= 15 is 0 Å². The second-order valence-corrected chi connectivity index (χ2v) is 6.06. The summed E-state index contributed by atoms with van der Waals surface area (Å²) in [5.74, 6) is 0.410. The number of hydrogen-bond donors (Lipinski definition) is 1. The van der Waals surface area contributed by atoms with E-state index in [1.165, 1.54) is 10.9 Å². The molecule has 2 rings (SSSR count). The fourth-order valence-corrected chi connectivity index (χ4v) is 1.94. The molecule has 0 aliphatic carbocycles. The van der Waals surface area contributed by atoms with Gasteiger partial charge in [0.25, 0.3) is 6.43 Å². The van der Waals surface area contributed by atoms with E-state index in [1.807, 2.05) is 33.8 Å². The van der Waals surface area contributed by atoms with Crippen molar-refractivity contribution < 1.29 is 8.78 Å². The standard InChI is InChI=1S/C15H20F2N4/c1-10-5-6-18-12(7-10)21-13(14(16)17)11(9-20-21)8-19-15(2,3)4/h5-7,9,14,19H,8H2,1-4H3. The lowest BCUT2D eigenvalue weighted by Crippen LogP contribution is -2.35. The molecular formula is C15H20F2N4. The van der Waals surface area contributed by atoms with Crippen molar-refractivity contribution in [3.05, 3.63) is 41.3 Å². The fourth-order valence-electron chi connectivity index (χ4n) is 1.94. The van der Waals surface area contributed by atoms with Gasteiger partial charge in [-0.2, -0.15) is 5.10 Å². The molecule has 0 unspecified atom stereocenters.